The Bertz CT molecular complexity index is 724. The van der Waals surface area contributed by atoms with Crippen LogP contribution in [0, 0.1) is 11.7 Å². The zero-order valence-corrected chi connectivity index (χ0v) is 20.9. The molecule has 0 spiro atoms. The molecule has 5 nitrogen and oxygen atoms in total. The lowest BCUT2D eigenvalue weighted by Crippen LogP contribution is -2.51. The van der Waals surface area contributed by atoms with Gasteiger partial charge in [0.2, 0.25) is 0 Å². The van der Waals surface area contributed by atoms with Gasteiger partial charge in [-0.25, -0.2) is 4.39 Å². The van der Waals surface area contributed by atoms with Crippen LogP contribution in [0.1, 0.15) is 37.9 Å². The molecule has 3 rings (SSSR count). The summed E-state index contributed by atoms with van der Waals surface area (Å²) in [5.74, 6) is 0.939. The van der Waals surface area contributed by atoms with Crippen molar-refractivity contribution in [2.45, 2.75) is 44.6 Å². The van der Waals surface area contributed by atoms with Crippen molar-refractivity contribution in [2.75, 3.05) is 46.3 Å². The second-order valence-corrected chi connectivity index (χ2v) is 8.49. The molecule has 0 bridgehead atoms. The van der Waals surface area contributed by atoms with E-state index in [9.17, 15) is 17.6 Å². The summed E-state index contributed by atoms with van der Waals surface area (Å²) < 4.78 is 56.9. The van der Waals surface area contributed by atoms with Crippen LogP contribution in [-0.2, 0) is 4.74 Å². The van der Waals surface area contributed by atoms with Gasteiger partial charge in [-0.1, -0.05) is 12.1 Å². The predicted molar refractivity (Wildman–Crippen MR) is 128 cm³/mol. The molecule has 2 unspecified atom stereocenters. The van der Waals surface area contributed by atoms with Gasteiger partial charge in [0.1, 0.15) is 11.9 Å². The maximum Gasteiger partial charge on any atom is 0.401 e. The van der Waals surface area contributed by atoms with Crippen molar-refractivity contribution in [3.63, 3.8) is 0 Å². The molecule has 1 aromatic carbocycles. The monoisotopic (exact) mass is 572 g/mol. The quantitative estimate of drug-likeness (QED) is 0.245. The van der Waals surface area contributed by atoms with Crippen molar-refractivity contribution in [1.29, 1.82) is 0 Å². The molecule has 10 heteroatoms. The molecule has 0 amide bonds. The summed E-state index contributed by atoms with van der Waals surface area (Å²) >= 11 is 0. The van der Waals surface area contributed by atoms with Crippen LogP contribution >= 0.6 is 24.0 Å². The van der Waals surface area contributed by atoms with Gasteiger partial charge in [0.25, 0.3) is 0 Å². The summed E-state index contributed by atoms with van der Waals surface area (Å²) in [6.07, 6.45) is -1.81. The highest BCUT2D eigenvalue weighted by Gasteiger charge is 2.32. The van der Waals surface area contributed by atoms with E-state index in [0.717, 1.165) is 37.3 Å². The fourth-order valence-corrected chi connectivity index (χ4v) is 4.39. The van der Waals surface area contributed by atoms with Crippen LogP contribution in [0.4, 0.5) is 17.6 Å². The van der Waals surface area contributed by atoms with Crippen molar-refractivity contribution in [3.05, 3.63) is 35.6 Å². The SMILES string of the molecule is CN=C(NCCC1CCN(CC(F)(F)F)CC1)N1CC(C)OC(c2ccc(F)cc2)C1.I. The van der Waals surface area contributed by atoms with Crippen molar-refractivity contribution >= 4 is 29.9 Å². The van der Waals surface area contributed by atoms with Gasteiger partial charge in [-0.3, -0.25) is 9.89 Å². The molecule has 32 heavy (non-hydrogen) atoms. The van der Waals surface area contributed by atoms with Gasteiger partial charge in [-0.15, -0.1) is 24.0 Å². The Hall–Kier alpha value is -1.14. The fraction of sp³-hybridized carbons (Fsp3) is 0.682. The van der Waals surface area contributed by atoms with Gasteiger partial charge in [0, 0.05) is 20.1 Å². The number of morpholine rings is 1. The summed E-state index contributed by atoms with van der Waals surface area (Å²) in [5.41, 5.74) is 0.930. The number of hydrogen-bond acceptors (Lipinski definition) is 3. The Morgan fingerprint density at radius 2 is 1.81 bits per heavy atom. The van der Waals surface area contributed by atoms with Crippen LogP contribution in [0.3, 0.4) is 0 Å². The fourth-order valence-electron chi connectivity index (χ4n) is 4.39. The number of piperidine rings is 1. The number of hydrogen-bond donors (Lipinski definition) is 1. The van der Waals surface area contributed by atoms with Gasteiger partial charge in [-0.2, -0.15) is 13.2 Å². The van der Waals surface area contributed by atoms with Crippen LogP contribution in [0.25, 0.3) is 0 Å². The van der Waals surface area contributed by atoms with Gasteiger partial charge < -0.3 is 15.0 Å². The summed E-state index contributed by atoms with van der Waals surface area (Å²) in [5, 5.41) is 3.40. The van der Waals surface area contributed by atoms with E-state index in [-0.39, 0.29) is 42.0 Å². The summed E-state index contributed by atoms with van der Waals surface area (Å²) in [6.45, 7) is 4.24. The molecule has 1 N–H and O–H groups in total. The van der Waals surface area contributed by atoms with Gasteiger partial charge in [0.15, 0.2) is 5.96 Å². The second-order valence-electron chi connectivity index (χ2n) is 8.49. The largest absolute Gasteiger partial charge is 0.401 e. The third kappa shape index (κ3) is 8.33. The van der Waals surface area contributed by atoms with E-state index in [2.05, 4.69) is 15.2 Å². The minimum atomic E-state index is -4.12. The van der Waals surface area contributed by atoms with Gasteiger partial charge in [-0.05, 0) is 62.9 Å². The lowest BCUT2D eigenvalue weighted by molar-refractivity contribution is -0.148. The zero-order chi connectivity index (χ0) is 22.4. The first-order chi connectivity index (χ1) is 14.7. The topological polar surface area (TPSA) is 40.1 Å². The molecule has 1 aromatic rings. The number of nitrogens with one attached hydrogen (secondary N) is 1. The number of benzene rings is 1. The Labute approximate surface area is 204 Å². The number of halogens is 5. The van der Waals surface area contributed by atoms with Crippen molar-refractivity contribution in [3.8, 4) is 0 Å². The molecular weight excluding hydrogens is 539 g/mol. The number of aliphatic imine (C=N–C) groups is 1. The Morgan fingerprint density at radius 1 is 1.16 bits per heavy atom. The smallest absolute Gasteiger partial charge is 0.367 e. The van der Waals surface area contributed by atoms with E-state index < -0.39 is 12.7 Å². The number of guanidine groups is 1. The Balaban J connectivity index is 0.00000363. The van der Waals surface area contributed by atoms with Gasteiger partial charge >= 0.3 is 6.18 Å². The lowest BCUT2D eigenvalue weighted by atomic mass is 9.93. The van der Waals surface area contributed by atoms with E-state index >= 15 is 0 Å². The minimum Gasteiger partial charge on any atom is -0.367 e. The molecular formula is C22H33F4IN4O. The van der Waals surface area contributed by atoms with E-state index in [4.69, 9.17) is 4.74 Å². The highest BCUT2D eigenvalue weighted by molar-refractivity contribution is 14.0. The minimum absolute atomic E-state index is 0. The molecule has 0 aliphatic carbocycles. The first-order valence-corrected chi connectivity index (χ1v) is 10.9. The van der Waals surface area contributed by atoms with E-state index in [1.54, 1.807) is 19.2 Å². The molecule has 2 heterocycles. The molecule has 0 aromatic heterocycles. The molecule has 2 atom stereocenters. The molecule has 2 fully saturated rings. The van der Waals surface area contributed by atoms with E-state index in [0.29, 0.717) is 32.1 Å². The number of ether oxygens (including phenoxy) is 1. The highest BCUT2D eigenvalue weighted by Crippen LogP contribution is 2.26. The van der Waals surface area contributed by atoms with Gasteiger partial charge in [0.05, 0.1) is 19.2 Å². The Morgan fingerprint density at radius 3 is 2.41 bits per heavy atom. The molecule has 182 valence electrons. The average Bonchev–Trinajstić information content (AvgIpc) is 2.71. The van der Waals surface area contributed by atoms with Crippen LogP contribution < -0.4 is 5.32 Å². The van der Waals surface area contributed by atoms with Crippen molar-refractivity contribution in [1.82, 2.24) is 15.1 Å². The normalized spacial score (nSPS) is 23.7. The van der Waals surface area contributed by atoms with E-state index in [1.807, 2.05) is 6.92 Å². The first-order valence-electron chi connectivity index (χ1n) is 10.9. The van der Waals surface area contributed by atoms with Crippen LogP contribution in [0.5, 0.6) is 0 Å². The van der Waals surface area contributed by atoms with Crippen molar-refractivity contribution in [2.24, 2.45) is 10.9 Å². The molecule has 2 aliphatic heterocycles. The van der Waals surface area contributed by atoms with Crippen molar-refractivity contribution < 1.29 is 22.3 Å². The molecule has 0 saturated carbocycles. The highest BCUT2D eigenvalue weighted by atomic mass is 127. The lowest BCUT2D eigenvalue weighted by Gasteiger charge is -2.39. The maximum absolute atomic E-state index is 13.2. The number of rotatable bonds is 5. The summed E-state index contributed by atoms with van der Waals surface area (Å²) in [4.78, 5) is 8.05. The standard InChI is InChI=1S/C22H32F4N4O.HI/c1-16-13-30(14-20(31-16)18-3-5-19(23)6-4-18)21(27-2)28-10-7-17-8-11-29(12-9-17)15-22(24,25)26;/h3-6,16-17,20H,7-15H2,1-2H3,(H,27,28);1H. The number of alkyl halides is 3. The third-order valence-electron chi connectivity index (χ3n) is 5.96. The first kappa shape index (κ1) is 27.1. The molecule has 2 aliphatic rings. The Kier molecular flexibility index (Phi) is 10.5. The third-order valence-corrected chi connectivity index (χ3v) is 5.96. The zero-order valence-electron chi connectivity index (χ0n) is 18.6. The van der Waals surface area contributed by atoms with Crippen LogP contribution in [0.15, 0.2) is 29.3 Å². The maximum atomic E-state index is 13.2. The number of likely N-dealkylation sites (tertiary alicyclic amines) is 1. The molecule has 0 radical (unpaired) electrons. The van der Waals surface area contributed by atoms with E-state index in [1.165, 1.54) is 17.0 Å². The average molecular weight is 572 g/mol. The summed E-state index contributed by atoms with van der Waals surface area (Å²) in [6, 6.07) is 6.37. The van der Waals surface area contributed by atoms with Crippen LogP contribution in [0.2, 0.25) is 0 Å². The second kappa shape index (κ2) is 12.4. The molecule has 2 saturated heterocycles. The summed E-state index contributed by atoms with van der Waals surface area (Å²) in [7, 11) is 1.74. The predicted octanol–water partition coefficient (Wildman–Crippen LogP) is 4.45. The number of nitrogens with zero attached hydrogens (tertiary/aromatic N) is 3. The van der Waals surface area contributed by atoms with Crippen LogP contribution in [-0.4, -0.2) is 74.4 Å².